The molecule has 1 aromatic carbocycles. The van der Waals surface area contributed by atoms with Gasteiger partial charge in [0.1, 0.15) is 18.2 Å². The van der Waals surface area contributed by atoms with E-state index in [4.69, 9.17) is 5.73 Å². The third kappa shape index (κ3) is 5.22. The number of aliphatic hydroxyl groups excluding tert-OH is 1. The summed E-state index contributed by atoms with van der Waals surface area (Å²) in [7, 11) is 0. The van der Waals surface area contributed by atoms with Gasteiger partial charge in [-0.1, -0.05) is 0 Å². The first-order valence-corrected chi connectivity index (χ1v) is 6.14. The average molecular weight is 313 g/mol. The van der Waals surface area contributed by atoms with Crippen molar-refractivity contribution in [2.75, 3.05) is 26.4 Å². The van der Waals surface area contributed by atoms with Crippen molar-refractivity contribution >= 4 is 0 Å². The summed E-state index contributed by atoms with van der Waals surface area (Å²) < 4.78 is 66.8. The van der Waals surface area contributed by atoms with Gasteiger partial charge in [-0.15, -0.1) is 0 Å². The molecule has 1 aromatic rings. The third-order valence-corrected chi connectivity index (χ3v) is 3.16. The van der Waals surface area contributed by atoms with E-state index in [1.807, 2.05) is 0 Å². The highest BCUT2D eigenvalue weighted by Crippen LogP contribution is 2.28. The molecule has 1 atom stereocenters. The van der Waals surface area contributed by atoms with Gasteiger partial charge in [0.15, 0.2) is 0 Å². The molecule has 8 heteroatoms. The van der Waals surface area contributed by atoms with E-state index in [0.29, 0.717) is 6.07 Å². The quantitative estimate of drug-likeness (QED) is 0.599. The summed E-state index contributed by atoms with van der Waals surface area (Å²) in [5.41, 5.74) is 4.36. The zero-order chi connectivity index (χ0) is 16.1. The molecular formula is C13H16F5NO2. The lowest BCUT2D eigenvalue weighted by molar-refractivity contribution is -0.175. The smallest absolute Gasteiger partial charge is 0.395 e. The summed E-state index contributed by atoms with van der Waals surface area (Å²) in [5.74, 6) is -1.71. The van der Waals surface area contributed by atoms with Gasteiger partial charge in [-0.05, 0) is 24.1 Å². The molecule has 0 saturated carbocycles. The topological polar surface area (TPSA) is 55.5 Å². The van der Waals surface area contributed by atoms with Crippen LogP contribution in [-0.4, -0.2) is 37.6 Å². The number of hydrogen-bond donors (Lipinski definition) is 2. The van der Waals surface area contributed by atoms with Crippen molar-refractivity contribution < 1.29 is 31.8 Å². The molecule has 3 nitrogen and oxygen atoms in total. The second kappa shape index (κ2) is 7.15. The van der Waals surface area contributed by atoms with Gasteiger partial charge in [-0.25, -0.2) is 8.78 Å². The molecule has 0 radical (unpaired) electrons. The Bertz CT molecular complexity index is 440. The summed E-state index contributed by atoms with van der Waals surface area (Å²) in [4.78, 5) is 0. The first-order valence-electron chi connectivity index (χ1n) is 6.14. The van der Waals surface area contributed by atoms with Gasteiger partial charge in [0.05, 0.1) is 6.61 Å². The molecule has 120 valence electrons. The molecule has 0 amide bonds. The molecule has 21 heavy (non-hydrogen) atoms. The number of benzene rings is 1. The minimum Gasteiger partial charge on any atom is -0.395 e. The average Bonchev–Trinajstić information content (AvgIpc) is 2.37. The van der Waals surface area contributed by atoms with Crippen LogP contribution in [0.4, 0.5) is 22.0 Å². The van der Waals surface area contributed by atoms with Gasteiger partial charge >= 0.3 is 6.18 Å². The van der Waals surface area contributed by atoms with E-state index in [-0.39, 0.29) is 25.1 Å². The normalized spacial score (nSPS) is 15.0. The number of ether oxygens (including phenoxy) is 1. The molecule has 0 aliphatic heterocycles. The van der Waals surface area contributed by atoms with Crippen LogP contribution < -0.4 is 5.73 Å². The standard InChI is InChI=1S/C13H16F5NO2/c14-10-3-9(4-11(15)5-10)12(6-19,7-20)1-2-21-8-13(16,17)18/h3-5,20H,1-2,6-8,19H2. The highest BCUT2D eigenvalue weighted by atomic mass is 19.4. The van der Waals surface area contributed by atoms with E-state index in [1.54, 1.807) is 0 Å². The molecule has 0 spiro atoms. The van der Waals surface area contributed by atoms with E-state index in [2.05, 4.69) is 4.74 Å². The summed E-state index contributed by atoms with van der Waals surface area (Å²) in [5, 5.41) is 9.47. The van der Waals surface area contributed by atoms with Crippen LogP contribution in [0.3, 0.4) is 0 Å². The lowest BCUT2D eigenvalue weighted by Gasteiger charge is -2.31. The van der Waals surface area contributed by atoms with Crippen molar-refractivity contribution in [3.63, 3.8) is 0 Å². The first kappa shape index (κ1) is 17.8. The SMILES string of the molecule is NCC(CO)(CCOCC(F)(F)F)c1cc(F)cc(F)c1. The number of aliphatic hydroxyl groups is 1. The van der Waals surface area contributed by atoms with Gasteiger partial charge in [0.25, 0.3) is 0 Å². The van der Waals surface area contributed by atoms with E-state index >= 15 is 0 Å². The monoisotopic (exact) mass is 313 g/mol. The molecule has 0 aromatic heterocycles. The highest BCUT2D eigenvalue weighted by Gasteiger charge is 2.32. The fraction of sp³-hybridized carbons (Fsp3) is 0.538. The molecule has 0 bridgehead atoms. The molecular weight excluding hydrogens is 297 g/mol. The summed E-state index contributed by atoms with van der Waals surface area (Å²) in [6.45, 7) is -2.55. The number of rotatable bonds is 7. The van der Waals surface area contributed by atoms with Crippen LogP contribution >= 0.6 is 0 Å². The van der Waals surface area contributed by atoms with Gasteiger partial charge in [-0.2, -0.15) is 13.2 Å². The minimum atomic E-state index is -4.46. The van der Waals surface area contributed by atoms with Crippen LogP contribution in [0, 0.1) is 11.6 Å². The number of hydrogen-bond acceptors (Lipinski definition) is 3. The second-order valence-electron chi connectivity index (χ2n) is 4.72. The van der Waals surface area contributed by atoms with Crippen molar-refractivity contribution in [2.45, 2.75) is 18.0 Å². The van der Waals surface area contributed by atoms with E-state index < -0.39 is 36.4 Å². The molecule has 0 heterocycles. The van der Waals surface area contributed by atoms with E-state index in [0.717, 1.165) is 12.1 Å². The Hall–Kier alpha value is -1.25. The van der Waals surface area contributed by atoms with Crippen LogP contribution in [0.15, 0.2) is 18.2 Å². The second-order valence-corrected chi connectivity index (χ2v) is 4.72. The van der Waals surface area contributed by atoms with Crippen molar-refractivity contribution in [1.82, 2.24) is 0 Å². The van der Waals surface area contributed by atoms with Crippen LogP contribution in [0.1, 0.15) is 12.0 Å². The van der Waals surface area contributed by atoms with Gasteiger partial charge in [-0.3, -0.25) is 0 Å². The third-order valence-electron chi connectivity index (χ3n) is 3.16. The van der Waals surface area contributed by atoms with E-state index in [1.165, 1.54) is 0 Å². The Morgan fingerprint density at radius 2 is 1.67 bits per heavy atom. The Balaban J connectivity index is 2.82. The summed E-state index contributed by atoms with van der Waals surface area (Å²) in [6.07, 6.45) is -4.56. The number of nitrogens with two attached hydrogens (primary N) is 1. The molecule has 1 unspecified atom stereocenters. The van der Waals surface area contributed by atoms with Crippen molar-refractivity contribution in [3.05, 3.63) is 35.4 Å². The van der Waals surface area contributed by atoms with Crippen LogP contribution in [0.25, 0.3) is 0 Å². The Morgan fingerprint density at radius 1 is 1.10 bits per heavy atom. The fourth-order valence-electron chi connectivity index (χ4n) is 1.91. The Labute approximate surface area is 118 Å². The largest absolute Gasteiger partial charge is 0.411 e. The molecule has 0 fully saturated rings. The van der Waals surface area contributed by atoms with E-state index in [9.17, 15) is 27.1 Å². The predicted molar refractivity (Wildman–Crippen MR) is 65.7 cm³/mol. The predicted octanol–water partition coefficient (Wildman–Crippen LogP) is 2.12. The lowest BCUT2D eigenvalue weighted by atomic mass is 9.78. The number of halogens is 5. The van der Waals surface area contributed by atoms with Crippen molar-refractivity contribution in [3.8, 4) is 0 Å². The molecule has 0 aliphatic carbocycles. The maximum Gasteiger partial charge on any atom is 0.411 e. The molecule has 0 saturated heterocycles. The van der Waals surface area contributed by atoms with Gasteiger partial charge in [0, 0.05) is 24.6 Å². The Morgan fingerprint density at radius 3 is 2.10 bits per heavy atom. The highest BCUT2D eigenvalue weighted by molar-refractivity contribution is 5.28. The molecule has 1 rings (SSSR count). The number of alkyl halides is 3. The minimum absolute atomic E-state index is 0.0839. The Kier molecular flexibility index (Phi) is 6.06. The van der Waals surface area contributed by atoms with Gasteiger partial charge < -0.3 is 15.6 Å². The van der Waals surface area contributed by atoms with Crippen molar-refractivity contribution in [1.29, 1.82) is 0 Å². The van der Waals surface area contributed by atoms with Crippen molar-refractivity contribution in [2.24, 2.45) is 5.73 Å². The summed E-state index contributed by atoms with van der Waals surface area (Å²) in [6, 6.07) is 2.65. The van der Waals surface area contributed by atoms with Crippen LogP contribution in [-0.2, 0) is 10.2 Å². The van der Waals surface area contributed by atoms with Crippen LogP contribution in [0.5, 0.6) is 0 Å². The lowest BCUT2D eigenvalue weighted by Crippen LogP contribution is -2.40. The fourth-order valence-corrected chi connectivity index (χ4v) is 1.91. The molecule has 0 aliphatic rings. The maximum atomic E-state index is 13.2. The molecule has 3 N–H and O–H groups in total. The maximum absolute atomic E-state index is 13.2. The van der Waals surface area contributed by atoms with Crippen LogP contribution in [0.2, 0.25) is 0 Å². The summed E-state index contributed by atoms with van der Waals surface area (Å²) >= 11 is 0. The van der Waals surface area contributed by atoms with Gasteiger partial charge in [0.2, 0.25) is 0 Å². The zero-order valence-electron chi connectivity index (χ0n) is 11.1. The first-order chi connectivity index (χ1) is 9.72. The zero-order valence-corrected chi connectivity index (χ0v) is 11.1.